The van der Waals surface area contributed by atoms with Crippen LogP contribution in [0.3, 0.4) is 0 Å². The van der Waals surface area contributed by atoms with Gasteiger partial charge in [0, 0.05) is 18.5 Å². The second-order valence-electron chi connectivity index (χ2n) is 4.64. The number of rotatable bonds is 6. The van der Waals surface area contributed by atoms with E-state index in [9.17, 15) is 4.79 Å². The van der Waals surface area contributed by atoms with Gasteiger partial charge in [-0.15, -0.1) is 11.8 Å². The summed E-state index contributed by atoms with van der Waals surface area (Å²) in [5.41, 5.74) is 6.62. The first kappa shape index (κ1) is 15.1. The zero-order valence-electron chi connectivity index (χ0n) is 11.3. The molecule has 100 valence electrons. The predicted octanol–water partition coefficient (Wildman–Crippen LogP) is 2.00. The van der Waals surface area contributed by atoms with Gasteiger partial charge in [0.25, 0.3) is 0 Å². The standard InChI is InChI=1S/C14H22N2OS/c1-11(9-15)10-16(2)14(17)8-12-4-6-13(18-3)7-5-12/h4-7,11H,8-10,15H2,1-3H3. The molecular formula is C14H22N2OS. The molecule has 0 aliphatic carbocycles. The summed E-state index contributed by atoms with van der Waals surface area (Å²) in [7, 11) is 1.84. The Labute approximate surface area is 114 Å². The summed E-state index contributed by atoms with van der Waals surface area (Å²) in [5, 5.41) is 0. The molecule has 0 fully saturated rings. The van der Waals surface area contributed by atoms with Gasteiger partial charge in [-0.25, -0.2) is 0 Å². The Morgan fingerprint density at radius 2 is 2.00 bits per heavy atom. The molecule has 0 spiro atoms. The van der Waals surface area contributed by atoms with Crippen molar-refractivity contribution in [2.75, 3.05) is 26.4 Å². The van der Waals surface area contributed by atoms with E-state index in [1.165, 1.54) is 4.90 Å². The van der Waals surface area contributed by atoms with E-state index in [2.05, 4.69) is 19.1 Å². The largest absolute Gasteiger partial charge is 0.345 e. The number of nitrogens with two attached hydrogens (primary N) is 1. The SMILES string of the molecule is CSc1ccc(CC(=O)N(C)CC(C)CN)cc1. The zero-order valence-corrected chi connectivity index (χ0v) is 12.2. The van der Waals surface area contributed by atoms with Gasteiger partial charge in [-0.2, -0.15) is 0 Å². The van der Waals surface area contributed by atoms with Gasteiger partial charge in [0.15, 0.2) is 0 Å². The maximum Gasteiger partial charge on any atom is 0.226 e. The summed E-state index contributed by atoms with van der Waals surface area (Å²) in [5.74, 6) is 0.491. The molecule has 0 aliphatic heterocycles. The van der Waals surface area contributed by atoms with Crippen LogP contribution in [0.5, 0.6) is 0 Å². The predicted molar refractivity (Wildman–Crippen MR) is 77.8 cm³/mol. The fourth-order valence-electron chi connectivity index (χ4n) is 1.70. The van der Waals surface area contributed by atoms with Crippen LogP contribution in [-0.4, -0.2) is 37.2 Å². The molecule has 0 saturated heterocycles. The minimum atomic E-state index is 0.146. The normalized spacial score (nSPS) is 12.2. The average Bonchev–Trinajstić information content (AvgIpc) is 2.39. The molecule has 1 atom stereocenters. The first-order valence-electron chi connectivity index (χ1n) is 6.13. The van der Waals surface area contributed by atoms with E-state index in [0.717, 1.165) is 12.1 Å². The maximum atomic E-state index is 12.0. The van der Waals surface area contributed by atoms with E-state index in [4.69, 9.17) is 5.73 Å². The van der Waals surface area contributed by atoms with Crippen molar-refractivity contribution in [3.8, 4) is 0 Å². The molecule has 1 aromatic carbocycles. The number of likely N-dealkylation sites (N-methyl/N-ethyl adjacent to an activating group) is 1. The van der Waals surface area contributed by atoms with Crippen LogP contribution in [0, 0.1) is 5.92 Å². The highest BCUT2D eigenvalue weighted by Crippen LogP contribution is 2.15. The van der Waals surface area contributed by atoms with Crippen LogP contribution in [0.1, 0.15) is 12.5 Å². The summed E-state index contributed by atoms with van der Waals surface area (Å²) >= 11 is 1.70. The van der Waals surface area contributed by atoms with Crippen LogP contribution in [0.25, 0.3) is 0 Å². The number of benzene rings is 1. The first-order chi connectivity index (χ1) is 8.56. The summed E-state index contributed by atoms with van der Waals surface area (Å²) < 4.78 is 0. The van der Waals surface area contributed by atoms with Crippen molar-refractivity contribution in [1.82, 2.24) is 4.90 Å². The molecule has 1 unspecified atom stereocenters. The lowest BCUT2D eigenvalue weighted by Crippen LogP contribution is -2.34. The third kappa shape index (κ3) is 4.70. The smallest absolute Gasteiger partial charge is 0.226 e. The Bertz CT molecular complexity index is 378. The van der Waals surface area contributed by atoms with E-state index in [1.807, 2.05) is 25.4 Å². The lowest BCUT2D eigenvalue weighted by molar-refractivity contribution is -0.129. The van der Waals surface area contributed by atoms with Crippen LogP contribution in [-0.2, 0) is 11.2 Å². The van der Waals surface area contributed by atoms with Gasteiger partial charge in [0.1, 0.15) is 0 Å². The van der Waals surface area contributed by atoms with Crippen molar-refractivity contribution in [2.45, 2.75) is 18.2 Å². The van der Waals surface area contributed by atoms with Crippen LogP contribution >= 0.6 is 11.8 Å². The quantitative estimate of drug-likeness (QED) is 0.801. The Morgan fingerprint density at radius 3 is 2.50 bits per heavy atom. The minimum Gasteiger partial charge on any atom is -0.345 e. The van der Waals surface area contributed by atoms with E-state index >= 15 is 0 Å². The molecule has 1 aromatic rings. The van der Waals surface area contributed by atoms with Gasteiger partial charge in [-0.05, 0) is 36.4 Å². The second kappa shape index (κ2) is 7.44. The van der Waals surface area contributed by atoms with Crippen LogP contribution in [0.2, 0.25) is 0 Å². The van der Waals surface area contributed by atoms with Crippen molar-refractivity contribution >= 4 is 17.7 Å². The molecule has 0 radical (unpaired) electrons. The molecule has 0 aromatic heterocycles. The van der Waals surface area contributed by atoms with Crippen LogP contribution in [0.4, 0.5) is 0 Å². The Kier molecular flexibility index (Phi) is 6.22. The number of amides is 1. The zero-order chi connectivity index (χ0) is 13.5. The van der Waals surface area contributed by atoms with Gasteiger partial charge >= 0.3 is 0 Å². The summed E-state index contributed by atoms with van der Waals surface area (Å²) in [6, 6.07) is 8.14. The maximum absolute atomic E-state index is 12.0. The molecule has 0 heterocycles. The van der Waals surface area contributed by atoms with E-state index in [1.54, 1.807) is 16.7 Å². The third-order valence-corrected chi connectivity index (χ3v) is 3.67. The van der Waals surface area contributed by atoms with Crippen LogP contribution in [0.15, 0.2) is 29.2 Å². The highest BCUT2D eigenvalue weighted by Gasteiger charge is 2.12. The summed E-state index contributed by atoms with van der Waals surface area (Å²) in [6.45, 7) is 3.38. The number of hydrogen-bond donors (Lipinski definition) is 1. The van der Waals surface area contributed by atoms with Crippen molar-refractivity contribution in [2.24, 2.45) is 11.7 Å². The molecule has 4 heteroatoms. The molecule has 0 bridgehead atoms. The van der Waals surface area contributed by atoms with Gasteiger partial charge in [0.2, 0.25) is 5.91 Å². The number of thioether (sulfide) groups is 1. The Balaban J connectivity index is 2.52. The van der Waals surface area contributed by atoms with Crippen molar-refractivity contribution in [1.29, 1.82) is 0 Å². The number of nitrogens with zero attached hydrogens (tertiary/aromatic N) is 1. The Hall–Kier alpha value is -1.00. The van der Waals surface area contributed by atoms with Gasteiger partial charge < -0.3 is 10.6 Å². The van der Waals surface area contributed by atoms with Gasteiger partial charge in [-0.3, -0.25) is 4.79 Å². The summed E-state index contributed by atoms with van der Waals surface area (Å²) in [4.78, 5) is 15.0. The minimum absolute atomic E-state index is 0.146. The summed E-state index contributed by atoms with van der Waals surface area (Å²) in [6.07, 6.45) is 2.50. The number of hydrogen-bond acceptors (Lipinski definition) is 3. The average molecular weight is 266 g/mol. The molecular weight excluding hydrogens is 244 g/mol. The fraction of sp³-hybridized carbons (Fsp3) is 0.500. The highest BCUT2D eigenvalue weighted by molar-refractivity contribution is 7.98. The third-order valence-electron chi connectivity index (χ3n) is 2.93. The van der Waals surface area contributed by atoms with Crippen molar-refractivity contribution < 1.29 is 4.79 Å². The topological polar surface area (TPSA) is 46.3 Å². The lowest BCUT2D eigenvalue weighted by atomic mass is 10.1. The van der Waals surface area contributed by atoms with E-state index in [-0.39, 0.29) is 5.91 Å². The molecule has 1 amide bonds. The molecule has 18 heavy (non-hydrogen) atoms. The molecule has 0 saturated carbocycles. The molecule has 0 aliphatic rings. The Morgan fingerprint density at radius 1 is 1.39 bits per heavy atom. The van der Waals surface area contributed by atoms with Crippen LogP contribution < -0.4 is 5.73 Å². The molecule has 3 nitrogen and oxygen atoms in total. The lowest BCUT2D eigenvalue weighted by Gasteiger charge is -2.20. The molecule has 1 rings (SSSR count). The number of carbonyl (C=O) groups is 1. The van der Waals surface area contributed by atoms with E-state index < -0.39 is 0 Å². The number of carbonyl (C=O) groups excluding carboxylic acids is 1. The first-order valence-corrected chi connectivity index (χ1v) is 7.36. The van der Waals surface area contributed by atoms with Gasteiger partial charge in [0.05, 0.1) is 6.42 Å². The van der Waals surface area contributed by atoms with Gasteiger partial charge in [-0.1, -0.05) is 19.1 Å². The van der Waals surface area contributed by atoms with Crippen molar-refractivity contribution in [3.63, 3.8) is 0 Å². The second-order valence-corrected chi connectivity index (χ2v) is 5.52. The van der Waals surface area contributed by atoms with E-state index in [0.29, 0.717) is 18.9 Å². The fourth-order valence-corrected chi connectivity index (χ4v) is 2.11. The highest BCUT2D eigenvalue weighted by atomic mass is 32.2. The van der Waals surface area contributed by atoms with Crippen molar-refractivity contribution in [3.05, 3.63) is 29.8 Å². The molecule has 2 N–H and O–H groups in total. The monoisotopic (exact) mass is 266 g/mol.